The summed E-state index contributed by atoms with van der Waals surface area (Å²) in [6.45, 7) is 12.5. The predicted octanol–water partition coefficient (Wildman–Crippen LogP) is 0.378. The van der Waals surface area contributed by atoms with Crippen LogP contribution in [0.5, 0.6) is 0 Å². The Morgan fingerprint density at radius 3 is 1.11 bits per heavy atom. The summed E-state index contributed by atoms with van der Waals surface area (Å²) in [5.74, 6) is -0.870. The van der Waals surface area contributed by atoms with Crippen molar-refractivity contribution in [1.29, 1.82) is 0 Å². The average Bonchev–Trinajstić information content (AvgIpc) is 2.17. The van der Waals surface area contributed by atoms with E-state index in [-0.39, 0.29) is 0 Å². The van der Waals surface area contributed by atoms with Crippen LogP contribution in [0.4, 0.5) is 0 Å². The molecule has 5 N–H and O–H groups in total. The molecule has 0 aromatic carbocycles. The summed E-state index contributed by atoms with van der Waals surface area (Å²) in [4.78, 5) is 19.6. The van der Waals surface area contributed by atoms with E-state index in [1.54, 1.807) is 13.8 Å². The van der Waals surface area contributed by atoms with Gasteiger partial charge in [0.1, 0.15) is 0 Å². The number of primary amides is 2. The Labute approximate surface area is 114 Å². The molecule has 0 saturated carbocycles. The van der Waals surface area contributed by atoms with Crippen LogP contribution in [0.15, 0.2) is 24.3 Å². The standard InChI is InChI=1S/2C4H7NO.C3H8O3S/c2*1-3(2)4(5)6;1-3(2)7(4,5)6/h2*1H2,2H3,(H2,5,6);3H,1-2H3,(H,4,5,6). The molecule has 0 unspecified atom stereocenters. The van der Waals surface area contributed by atoms with Crippen LogP contribution in [0.1, 0.15) is 27.7 Å². The molecule has 0 aliphatic carbocycles. The van der Waals surface area contributed by atoms with Gasteiger partial charge in [-0.1, -0.05) is 13.2 Å². The number of carbonyl (C=O) groups excluding carboxylic acids is 2. The summed E-state index contributed by atoms with van der Waals surface area (Å²) >= 11 is 0. The first-order chi connectivity index (χ1) is 8.23. The zero-order chi connectivity index (χ0) is 16.4. The molecule has 0 radical (unpaired) electrons. The number of hydrogen-bond donors (Lipinski definition) is 3. The molecule has 0 aliphatic heterocycles. The second-order valence-electron chi connectivity index (χ2n) is 3.85. The average molecular weight is 294 g/mol. The largest absolute Gasteiger partial charge is 0.366 e. The zero-order valence-corrected chi connectivity index (χ0v) is 12.5. The molecule has 0 bridgehead atoms. The second-order valence-corrected chi connectivity index (χ2v) is 5.83. The van der Waals surface area contributed by atoms with E-state index in [0.717, 1.165) is 0 Å². The minimum atomic E-state index is -3.74. The maximum atomic E-state index is 9.89. The topological polar surface area (TPSA) is 141 Å². The molecule has 112 valence electrons. The van der Waals surface area contributed by atoms with Crippen LogP contribution < -0.4 is 11.5 Å². The first-order valence-electron chi connectivity index (χ1n) is 5.10. The minimum absolute atomic E-state index is 0.398. The molecule has 0 rings (SSSR count). The summed E-state index contributed by atoms with van der Waals surface area (Å²) in [5.41, 5.74) is 10.2. The van der Waals surface area contributed by atoms with Gasteiger partial charge in [-0.25, -0.2) is 0 Å². The number of amides is 2. The van der Waals surface area contributed by atoms with Crippen molar-refractivity contribution >= 4 is 21.9 Å². The summed E-state index contributed by atoms with van der Waals surface area (Å²) in [6, 6.07) is 0. The molecule has 19 heavy (non-hydrogen) atoms. The van der Waals surface area contributed by atoms with E-state index in [0.29, 0.717) is 11.1 Å². The van der Waals surface area contributed by atoms with E-state index in [1.807, 2.05) is 0 Å². The fourth-order valence-electron chi connectivity index (χ4n) is 0. The van der Waals surface area contributed by atoms with Gasteiger partial charge in [-0.2, -0.15) is 8.42 Å². The lowest BCUT2D eigenvalue weighted by atomic mass is 10.3. The number of hydrogen-bond acceptors (Lipinski definition) is 4. The molecule has 0 heterocycles. The van der Waals surface area contributed by atoms with E-state index < -0.39 is 27.2 Å². The van der Waals surface area contributed by atoms with Crippen LogP contribution in [-0.2, 0) is 19.7 Å². The van der Waals surface area contributed by atoms with Crippen LogP contribution in [-0.4, -0.2) is 30.0 Å². The van der Waals surface area contributed by atoms with Gasteiger partial charge in [0.05, 0.1) is 5.25 Å². The Hall–Kier alpha value is -1.67. The Bertz CT molecular complexity index is 390. The van der Waals surface area contributed by atoms with Gasteiger partial charge in [-0.05, 0) is 27.7 Å². The number of rotatable bonds is 3. The molecule has 7 nitrogen and oxygen atoms in total. The molecular formula is C11H22N2O5S. The fourth-order valence-corrected chi connectivity index (χ4v) is 0. The van der Waals surface area contributed by atoms with Gasteiger partial charge in [0.25, 0.3) is 10.1 Å². The van der Waals surface area contributed by atoms with Crippen molar-refractivity contribution in [3.05, 3.63) is 24.3 Å². The van der Waals surface area contributed by atoms with Gasteiger partial charge in [0.15, 0.2) is 0 Å². The predicted molar refractivity (Wildman–Crippen MR) is 74.7 cm³/mol. The highest BCUT2D eigenvalue weighted by Crippen LogP contribution is 1.91. The summed E-state index contributed by atoms with van der Waals surface area (Å²) in [6.07, 6.45) is 0. The first kappa shape index (κ1) is 22.5. The number of carbonyl (C=O) groups is 2. The molecule has 0 saturated heterocycles. The third-order valence-corrected chi connectivity index (χ3v) is 2.63. The van der Waals surface area contributed by atoms with E-state index >= 15 is 0 Å². The van der Waals surface area contributed by atoms with Gasteiger partial charge < -0.3 is 11.5 Å². The Morgan fingerprint density at radius 2 is 1.11 bits per heavy atom. The molecule has 0 aromatic rings. The van der Waals surface area contributed by atoms with Crippen LogP contribution in [0.3, 0.4) is 0 Å². The monoisotopic (exact) mass is 294 g/mol. The normalized spacial score (nSPS) is 9.37. The van der Waals surface area contributed by atoms with E-state index in [1.165, 1.54) is 13.8 Å². The van der Waals surface area contributed by atoms with Crippen molar-refractivity contribution in [1.82, 2.24) is 0 Å². The number of nitrogens with two attached hydrogens (primary N) is 2. The summed E-state index contributed by atoms with van der Waals surface area (Å²) in [5, 5.41) is -0.674. The summed E-state index contributed by atoms with van der Waals surface area (Å²) < 4.78 is 27.8. The molecular weight excluding hydrogens is 272 g/mol. The Morgan fingerprint density at radius 1 is 1.00 bits per heavy atom. The Balaban J connectivity index is -0.000000203. The highest BCUT2D eigenvalue weighted by Gasteiger charge is 2.08. The van der Waals surface area contributed by atoms with Crippen LogP contribution in [0.25, 0.3) is 0 Å². The van der Waals surface area contributed by atoms with E-state index in [2.05, 4.69) is 13.2 Å². The Kier molecular flexibility index (Phi) is 12.2. The lowest BCUT2D eigenvalue weighted by Crippen LogP contribution is -2.10. The van der Waals surface area contributed by atoms with Crippen molar-refractivity contribution in [2.45, 2.75) is 32.9 Å². The highest BCUT2D eigenvalue weighted by molar-refractivity contribution is 7.86. The zero-order valence-electron chi connectivity index (χ0n) is 11.6. The molecule has 0 aromatic heterocycles. The first-order valence-corrected chi connectivity index (χ1v) is 6.60. The minimum Gasteiger partial charge on any atom is -0.366 e. The van der Waals surface area contributed by atoms with Crippen molar-refractivity contribution < 1.29 is 22.6 Å². The fraction of sp³-hybridized carbons (Fsp3) is 0.455. The van der Waals surface area contributed by atoms with Gasteiger partial charge in [-0.15, -0.1) is 0 Å². The van der Waals surface area contributed by atoms with Gasteiger partial charge >= 0.3 is 0 Å². The van der Waals surface area contributed by atoms with E-state index in [4.69, 9.17) is 16.0 Å². The summed E-state index contributed by atoms with van der Waals surface area (Å²) in [7, 11) is -3.74. The maximum Gasteiger partial charge on any atom is 0.267 e. The molecule has 0 atom stereocenters. The molecule has 0 aliphatic rings. The van der Waals surface area contributed by atoms with Crippen molar-refractivity contribution in [3.63, 3.8) is 0 Å². The molecule has 2 amide bonds. The van der Waals surface area contributed by atoms with Gasteiger partial charge in [0.2, 0.25) is 11.8 Å². The van der Waals surface area contributed by atoms with Crippen LogP contribution >= 0.6 is 0 Å². The third-order valence-electron chi connectivity index (χ3n) is 1.44. The molecule has 0 spiro atoms. The lowest BCUT2D eigenvalue weighted by Gasteiger charge is -1.94. The molecule has 0 fully saturated rings. The smallest absolute Gasteiger partial charge is 0.267 e. The van der Waals surface area contributed by atoms with Crippen molar-refractivity contribution in [2.24, 2.45) is 11.5 Å². The van der Waals surface area contributed by atoms with Gasteiger partial charge in [0, 0.05) is 11.1 Å². The van der Waals surface area contributed by atoms with Gasteiger partial charge in [-0.3, -0.25) is 14.1 Å². The molecule has 8 heteroatoms. The van der Waals surface area contributed by atoms with Crippen molar-refractivity contribution in [2.75, 3.05) is 0 Å². The van der Waals surface area contributed by atoms with Crippen LogP contribution in [0.2, 0.25) is 0 Å². The van der Waals surface area contributed by atoms with Crippen LogP contribution in [0, 0.1) is 0 Å². The van der Waals surface area contributed by atoms with Crippen molar-refractivity contribution in [3.8, 4) is 0 Å². The lowest BCUT2D eigenvalue weighted by molar-refractivity contribution is -0.115. The van der Waals surface area contributed by atoms with E-state index in [9.17, 15) is 18.0 Å². The maximum absolute atomic E-state index is 9.89. The second kappa shape index (κ2) is 10.3. The third kappa shape index (κ3) is 22.1. The quantitative estimate of drug-likeness (QED) is 0.509. The highest BCUT2D eigenvalue weighted by atomic mass is 32.2. The SMILES string of the molecule is C=C(C)C(N)=O.C=C(C)C(N)=O.CC(C)S(=O)(=O)O.